The second-order valence-electron chi connectivity index (χ2n) is 7.05. The summed E-state index contributed by atoms with van der Waals surface area (Å²) >= 11 is 1.66. The smallest absolute Gasteiger partial charge is 0.416 e. The molecule has 31 heavy (non-hydrogen) atoms. The summed E-state index contributed by atoms with van der Waals surface area (Å²) in [4.78, 5) is 1.09. The molecule has 1 saturated heterocycles. The van der Waals surface area contributed by atoms with Gasteiger partial charge in [0, 0.05) is 10.6 Å². The van der Waals surface area contributed by atoms with Gasteiger partial charge >= 0.3 is 6.18 Å². The van der Waals surface area contributed by atoms with Crippen molar-refractivity contribution in [3.05, 3.63) is 65.2 Å². The molecular weight excluding hydrogens is 429 g/mol. The number of hydrogen-bond donors (Lipinski definition) is 0. The zero-order valence-electron chi connectivity index (χ0n) is 17.6. The molecule has 0 spiro atoms. The molecule has 1 heterocycles. The number of rotatable bonds is 9. The van der Waals surface area contributed by atoms with Crippen LogP contribution in [0.25, 0.3) is 0 Å². The van der Waals surface area contributed by atoms with Crippen LogP contribution in [0.3, 0.4) is 0 Å². The lowest BCUT2D eigenvalue weighted by molar-refractivity contribution is -0.380. The zero-order chi connectivity index (χ0) is 22.4. The predicted octanol–water partition coefficient (Wildman–Crippen LogP) is 6.23. The summed E-state index contributed by atoms with van der Waals surface area (Å²) in [6.07, 6.45) is -2.87. The van der Waals surface area contributed by atoms with Crippen LogP contribution in [0.1, 0.15) is 25.0 Å². The Morgan fingerprint density at radius 3 is 2.39 bits per heavy atom. The Morgan fingerprint density at radius 2 is 1.81 bits per heavy atom. The first-order chi connectivity index (χ1) is 14.7. The normalized spacial score (nSPS) is 19.1. The molecule has 0 aromatic heterocycles. The van der Waals surface area contributed by atoms with E-state index in [1.165, 1.54) is 12.1 Å². The molecule has 0 saturated carbocycles. The van der Waals surface area contributed by atoms with Crippen LogP contribution in [-0.2, 0) is 15.7 Å². The minimum absolute atomic E-state index is 0.169. The van der Waals surface area contributed by atoms with Crippen LogP contribution in [0.4, 0.5) is 13.2 Å². The fourth-order valence-electron chi connectivity index (χ4n) is 2.85. The van der Waals surface area contributed by atoms with Crippen LogP contribution in [-0.4, -0.2) is 31.5 Å². The Bertz CT molecular complexity index is 891. The molecular formula is C23H25F3O4S. The fourth-order valence-corrected chi connectivity index (χ4v) is 3.87. The van der Waals surface area contributed by atoms with Crippen molar-refractivity contribution in [3.63, 3.8) is 0 Å². The van der Waals surface area contributed by atoms with Crippen LogP contribution in [0.2, 0.25) is 0 Å². The average molecular weight is 455 g/mol. The van der Waals surface area contributed by atoms with E-state index >= 15 is 0 Å². The van der Waals surface area contributed by atoms with Crippen molar-refractivity contribution in [1.29, 1.82) is 0 Å². The van der Waals surface area contributed by atoms with E-state index in [4.69, 9.17) is 18.9 Å². The highest BCUT2D eigenvalue weighted by Gasteiger charge is 2.30. The summed E-state index contributed by atoms with van der Waals surface area (Å²) in [5.74, 6) is 1.90. The first kappa shape index (κ1) is 23.5. The van der Waals surface area contributed by atoms with Gasteiger partial charge in [-0.2, -0.15) is 13.2 Å². The summed E-state index contributed by atoms with van der Waals surface area (Å²) in [5, 5.41) is 0. The maximum Gasteiger partial charge on any atom is 0.416 e. The van der Waals surface area contributed by atoms with Gasteiger partial charge in [0.25, 0.3) is 0 Å². The van der Waals surface area contributed by atoms with E-state index in [9.17, 15) is 13.2 Å². The maximum absolute atomic E-state index is 12.6. The maximum atomic E-state index is 12.6. The van der Waals surface area contributed by atoms with E-state index < -0.39 is 11.7 Å². The van der Waals surface area contributed by atoms with Crippen molar-refractivity contribution in [2.45, 2.75) is 44.4 Å². The van der Waals surface area contributed by atoms with Gasteiger partial charge in [0.1, 0.15) is 24.7 Å². The number of aryl methyl sites for hydroxylation is 1. The Kier molecular flexibility index (Phi) is 7.91. The summed E-state index contributed by atoms with van der Waals surface area (Å²) in [5.41, 5.74) is 1.36. The van der Waals surface area contributed by atoms with E-state index in [1.54, 1.807) is 11.8 Å². The molecule has 2 aromatic carbocycles. The second-order valence-corrected chi connectivity index (χ2v) is 8.10. The van der Waals surface area contributed by atoms with Gasteiger partial charge in [0.15, 0.2) is 12.6 Å². The van der Waals surface area contributed by atoms with Gasteiger partial charge in [0.05, 0.1) is 5.56 Å². The Labute approximate surface area is 184 Å². The van der Waals surface area contributed by atoms with E-state index in [0.717, 1.165) is 33.9 Å². The van der Waals surface area contributed by atoms with Crippen LogP contribution in [0.5, 0.6) is 11.5 Å². The van der Waals surface area contributed by atoms with Gasteiger partial charge in [0.2, 0.25) is 0 Å². The Hall–Kier alpha value is -2.16. The van der Waals surface area contributed by atoms with E-state index in [2.05, 4.69) is 6.07 Å². The molecule has 0 radical (unpaired) electrons. The Morgan fingerprint density at radius 1 is 1.10 bits per heavy atom. The standard InChI is InChI=1S/C23H25F3O4S/c1-4-17(12-27-19-7-5-18(6-8-19)23(24,25)26)14-31-20-9-10-21(15(2)11-20)28-13-22-29-16(3)30-22/h4-11,16,22H,12-14H2,1-3H3/b17-4+. The SMILES string of the molecule is C/C=C(\COc1ccc(C(F)(F)F)cc1)CSc1ccc(OCC2OC(C)O2)c(C)c1. The van der Waals surface area contributed by atoms with Crippen molar-refractivity contribution in [1.82, 2.24) is 0 Å². The van der Waals surface area contributed by atoms with Gasteiger partial charge in [-0.3, -0.25) is 0 Å². The number of benzene rings is 2. The topological polar surface area (TPSA) is 36.9 Å². The quantitative estimate of drug-likeness (QED) is 0.332. The third-order valence-corrected chi connectivity index (χ3v) is 5.75. The molecule has 0 N–H and O–H groups in total. The summed E-state index contributed by atoms with van der Waals surface area (Å²) in [6, 6.07) is 10.7. The lowest BCUT2D eigenvalue weighted by atomic mass is 10.2. The van der Waals surface area contributed by atoms with E-state index in [-0.39, 0.29) is 12.6 Å². The average Bonchev–Trinajstić information content (AvgIpc) is 2.71. The highest BCUT2D eigenvalue weighted by Crippen LogP contribution is 2.31. The molecule has 0 amide bonds. The van der Waals surface area contributed by atoms with Gasteiger partial charge < -0.3 is 18.9 Å². The fraction of sp³-hybridized carbons (Fsp3) is 0.391. The van der Waals surface area contributed by atoms with Crippen LogP contribution in [0, 0.1) is 6.92 Å². The second kappa shape index (κ2) is 10.4. The molecule has 1 fully saturated rings. The van der Waals surface area contributed by atoms with Crippen LogP contribution >= 0.6 is 11.8 Å². The Balaban J connectivity index is 1.46. The largest absolute Gasteiger partial charge is 0.489 e. The van der Waals surface area contributed by atoms with E-state index in [0.29, 0.717) is 24.7 Å². The van der Waals surface area contributed by atoms with Gasteiger partial charge in [-0.1, -0.05) is 6.08 Å². The summed E-state index contributed by atoms with van der Waals surface area (Å²) < 4.78 is 60.0. The van der Waals surface area contributed by atoms with Crippen LogP contribution in [0.15, 0.2) is 59.0 Å². The lowest BCUT2D eigenvalue weighted by Gasteiger charge is -2.33. The molecule has 0 unspecified atom stereocenters. The number of thioether (sulfide) groups is 1. The third kappa shape index (κ3) is 6.92. The monoisotopic (exact) mass is 454 g/mol. The highest BCUT2D eigenvalue weighted by molar-refractivity contribution is 7.99. The highest BCUT2D eigenvalue weighted by atomic mass is 32.2. The molecule has 1 aliphatic heterocycles. The summed E-state index contributed by atoms with van der Waals surface area (Å²) in [7, 11) is 0. The molecule has 4 nitrogen and oxygen atoms in total. The molecule has 0 aliphatic carbocycles. The van der Waals surface area contributed by atoms with Crippen molar-refractivity contribution in [2.24, 2.45) is 0 Å². The number of allylic oxidation sites excluding steroid dienone is 1. The van der Waals surface area contributed by atoms with Gasteiger partial charge in [-0.25, -0.2) is 0 Å². The number of alkyl halides is 3. The first-order valence-corrected chi connectivity index (χ1v) is 10.8. The van der Waals surface area contributed by atoms with Gasteiger partial charge in [-0.15, -0.1) is 11.8 Å². The van der Waals surface area contributed by atoms with Crippen LogP contribution < -0.4 is 9.47 Å². The van der Waals surface area contributed by atoms with E-state index in [1.807, 2.05) is 39.0 Å². The minimum Gasteiger partial charge on any atom is -0.489 e. The molecule has 8 heteroatoms. The molecule has 1 aliphatic rings. The molecule has 2 aromatic rings. The molecule has 168 valence electrons. The van der Waals surface area contributed by atoms with Crippen molar-refractivity contribution in [3.8, 4) is 11.5 Å². The third-order valence-electron chi connectivity index (χ3n) is 4.65. The minimum atomic E-state index is -4.35. The van der Waals surface area contributed by atoms with Crippen molar-refractivity contribution in [2.75, 3.05) is 19.0 Å². The van der Waals surface area contributed by atoms with Crippen molar-refractivity contribution >= 4 is 11.8 Å². The predicted molar refractivity (Wildman–Crippen MR) is 114 cm³/mol. The number of halogens is 3. The summed E-state index contributed by atoms with van der Waals surface area (Å²) in [6.45, 7) is 6.40. The molecule has 0 bridgehead atoms. The number of hydrogen-bond acceptors (Lipinski definition) is 5. The lowest BCUT2D eigenvalue weighted by Crippen LogP contribution is -2.42. The molecule has 0 atom stereocenters. The first-order valence-electron chi connectivity index (χ1n) is 9.86. The van der Waals surface area contributed by atoms with Gasteiger partial charge in [-0.05, 0) is 74.4 Å². The number of ether oxygens (including phenoxy) is 4. The van der Waals surface area contributed by atoms with Crippen molar-refractivity contribution < 1.29 is 32.1 Å². The zero-order valence-corrected chi connectivity index (χ0v) is 18.4. The molecule has 3 rings (SSSR count).